The van der Waals surface area contributed by atoms with Gasteiger partial charge in [0.15, 0.2) is 5.96 Å². The Morgan fingerprint density at radius 1 is 1.18 bits per heavy atom. The van der Waals surface area contributed by atoms with Gasteiger partial charge in [0.2, 0.25) is 0 Å². The third kappa shape index (κ3) is 7.71. The lowest BCUT2D eigenvalue weighted by Gasteiger charge is -2.22. The summed E-state index contributed by atoms with van der Waals surface area (Å²) in [6.45, 7) is 3.76. The average Bonchev–Trinajstić information content (AvgIpc) is 2.66. The largest absolute Gasteiger partial charge is 0.453 e. The van der Waals surface area contributed by atoms with E-state index in [-0.39, 0.29) is 29.8 Å². The van der Waals surface area contributed by atoms with Crippen molar-refractivity contribution in [1.29, 1.82) is 0 Å². The summed E-state index contributed by atoms with van der Waals surface area (Å²) in [5.41, 5.74) is 2.53. The van der Waals surface area contributed by atoms with Gasteiger partial charge in [0, 0.05) is 25.8 Å². The second-order valence-electron chi connectivity index (χ2n) is 5.97. The summed E-state index contributed by atoms with van der Waals surface area (Å²) in [5, 5.41) is 5.85. The molecule has 8 heteroatoms. The van der Waals surface area contributed by atoms with E-state index >= 15 is 0 Å². The van der Waals surface area contributed by atoms with E-state index in [4.69, 9.17) is 0 Å². The van der Waals surface area contributed by atoms with Gasteiger partial charge in [-0.1, -0.05) is 24.3 Å². The number of amides is 1. The van der Waals surface area contributed by atoms with Gasteiger partial charge in [0.05, 0.1) is 13.7 Å². The number of benzene rings is 2. The van der Waals surface area contributed by atoms with Crippen molar-refractivity contribution in [3.63, 3.8) is 0 Å². The third-order valence-electron chi connectivity index (χ3n) is 3.80. The highest BCUT2D eigenvalue weighted by Crippen LogP contribution is 2.11. The summed E-state index contributed by atoms with van der Waals surface area (Å²) in [4.78, 5) is 17.8. The van der Waals surface area contributed by atoms with Gasteiger partial charge in [-0.25, -0.2) is 14.2 Å². The quantitative estimate of drug-likeness (QED) is 0.354. The number of guanidine groups is 1. The molecule has 0 aliphatic rings. The molecule has 1 amide bonds. The van der Waals surface area contributed by atoms with E-state index < -0.39 is 6.09 Å². The SMILES string of the molecule is CCNC(=NCc1ccc(NC(=O)OC)cc1)N(C)Cc1cccc(F)c1.I. The van der Waals surface area contributed by atoms with Crippen molar-refractivity contribution in [2.24, 2.45) is 4.99 Å². The summed E-state index contributed by atoms with van der Waals surface area (Å²) >= 11 is 0. The number of hydrogen-bond acceptors (Lipinski definition) is 3. The number of nitrogens with one attached hydrogen (secondary N) is 2. The highest BCUT2D eigenvalue weighted by molar-refractivity contribution is 14.0. The summed E-state index contributed by atoms with van der Waals surface area (Å²) in [5.74, 6) is 0.488. The monoisotopic (exact) mass is 500 g/mol. The summed E-state index contributed by atoms with van der Waals surface area (Å²) < 4.78 is 17.9. The normalized spacial score (nSPS) is 10.6. The van der Waals surface area contributed by atoms with Crippen molar-refractivity contribution in [3.05, 3.63) is 65.5 Å². The molecule has 0 aromatic heterocycles. The molecule has 0 aliphatic heterocycles. The molecule has 0 heterocycles. The molecule has 0 unspecified atom stereocenters. The van der Waals surface area contributed by atoms with Crippen LogP contribution in [0, 0.1) is 5.82 Å². The maximum atomic E-state index is 13.4. The van der Waals surface area contributed by atoms with Crippen molar-refractivity contribution in [2.75, 3.05) is 26.0 Å². The lowest BCUT2D eigenvalue weighted by Crippen LogP contribution is -2.38. The van der Waals surface area contributed by atoms with Crippen LogP contribution in [0.2, 0.25) is 0 Å². The molecule has 2 aromatic carbocycles. The molecule has 6 nitrogen and oxygen atoms in total. The van der Waals surface area contributed by atoms with Gasteiger partial charge in [-0.2, -0.15) is 0 Å². The van der Waals surface area contributed by atoms with Crippen LogP contribution in [0.15, 0.2) is 53.5 Å². The Hall–Kier alpha value is -2.36. The summed E-state index contributed by atoms with van der Waals surface area (Å²) in [6, 6.07) is 13.9. The molecule has 2 aromatic rings. The first-order valence-corrected chi connectivity index (χ1v) is 8.69. The van der Waals surface area contributed by atoms with Gasteiger partial charge in [-0.15, -0.1) is 24.0 Å². The van der Waals surface area contributed by atoms with Gasteiger partial charge >= 0.3 is 6.09 Å². The molecule has 0 bridgehead atoms. The molecule has 0 saturated heterocycles. The number of hydrogen-bond donors (Lipinski definition) is 2. The zero-order valence-corrected chi connectivity index (χ0v) is 18.6. The lowest BCUT2D eigenvalue weighted by molar-refractivity contribution is 0.187. The fourth-order valence-corrected chi connectivity index (χ4v) is 2.48. The number of carbonyl (C=O) groups is 1. The standard InChI is InChI=1S/C20H25FN4O2.HI/c1-4-22-19(25(2)14-16-6-5-7-17(21)12-16)23-13-15-8-10-18(11-9-15)24-20(26)27-3;/h5-12H,4,13-14H2,1-3H3,(H,22,23)(H,24,26);1H. The van der Waals surface area contributed by atoms with Crippen molar-refractivity contribution >= 4 is 41.7 Å². The molecule has 28 heavy (non-hydrogen) atoms. The van der Waals surface area contributed by atoms with Crippen LogP contribution in [-0.4, -0.2) is 37.7 Å². The zero-order valence-electron chi connectivity index (χ0n) is 16.2. The minimum absolute atomic E-state index is 0. The van der Waals surface area contributed by atoms with Crippen molar-refractivity contribution in [3.8, 4) is 0 Å². The third-order valence-corrected chi connectivity index (χ3v) is 3.80. The molecule has 0 spiro atoms. The molecular formula is C20H26FIN4O2. The van der Waals surface area contributed by atoms with Crippen molar-refractivity contribution in [1.82, 2.24) is 10.2 Å². The molecule has 152 valence electrons. The van der Waals surface area contributed by atoms with E-state index in [1.54, 1.807) is 18.2 Å². The predicted octanol–water partition coefficient (Wildman–Crippen LogP) is 4.22. The van der Waals surface area contributed by atoms with Crippen molar-refractivity contribution in [2.45, 2.75) is 20.0 Å². The fourth-order valence-electron chi connectivity index (χ4n) is 2.48. The Balaban J connectivity index is 0.00000392. The highest BCUT2D eigenvalue weighted by atomic mass is 127. The minimum Gasteiger partial charge on any atom is -0.453 e. The molecule has 0 radical (unpaired) electrons. The number of nitrogens with zero attached hydrogens (tertiary/aromatic N) is 2. The van der Waals surface area contributed by atoms with Crippen LogP contribution in [0.3, 0.4) is 0 Å². The number of aliphatic imine (C=N–C) groups is 1. The topological polar surface area (TPSA) is 66.0 Å². The lowest BCUT2D eigenvalue weighted by atomic mass is 10.2. The Kier molecular flexibility index (Phi) is 10.3. The van der Waals surface area contributed by atoms with Crippen LogP contribution >= 0.6 is 24.0 Å². The van der Waals surface area contributed by atoms with Crippen LogP contribution in [0.4, 0.5) is 14.9 Å². The van der Waals surface area contributed by atoms with Crippen LogP contribution in [0.25, 0.3) is 0 Å². The first-order valence-electron chi connectivity index (χ1n) is 8.69. The van der Waals surface area contributed by atoms with Crippen LogP contribution in [0.1, 0.15) is 18.1 Å². The number of methoxy groups -OCH3 is 1. The van der Waals surface area contributed by atoms with Crippen LogP contribution in [0.5, 0.6) is 0 Å². The van der Waals surface area contributed by atoms with E-state index in [0.717, 1.165) is 23.6 Å². The number of carbonyl (C=O) groups excluding carboxylic acids is 1. The van der Waals surface area contributed by atoms with E-state index in [1.807, 2.05) is 37.1 Å². The molecule has 0 fully saturated rings. The smallest absolute Gasteiger partial charge is 0.411 e. The minimum atomic E-state index is -0.505. The average molecular weight is 500 g/mol. The summed E-state index contributed by atoms with van der Waals surface area (Å²) in [7, 11) is 3.23. The fraction of sp³-hybridized carbons (Fsp3) is 0.300. The molecule has 2 N–H and O–H groups in total. The second kappa shape index (κ2) is 12.2. The molecule has 0 aliphatic carbocycles. The second-order valence-corrected chi connectivity index (χ2v) is 5.97. The molecule has 0 atom stereocenters. The Morgan fingerprint density at radius 2 is 1.89 bits per heavy atom. The Morgan fingerprint density at radius 3 is 2.50 bits per heavy atom. The van der Waals surface area contributed by atoms with Gasteiger partial charge in [-0.05, 0) is 42.3 Å². The van der Waals surface area contributed by atoms with Crippen LogP contribution in [-0.2, 0) is 17.8 Å². The summed E-state index contributed by atoms with van der Waals surface area (Å²) in [6.07, 6.45) is -0.505. The molecule has 0 saturated carbocycles. The number of ether oxygens (including phenoxy) is 1. The maximum absolute atomic E-state index is 13.4. The van der Waals surface area contributed by atoms with E-state index in [1.165, 1.54) is 19.2 Å². The van der Waals surface area contributed by atoms with E-state index in [0.29, 0.717) is 18.8 Å². The zero-order chi connectivity index (χ0) is 19.6. The first kappa shape index (κ1) is 23.7. The van der Waals surface area contributed by atoms with Crippen LogP contribution < -0.4 is 10.6 Å². The maximum Gasteiger partial charge on any atom is 0.411 e. The number of anilines is 1. The number of rotatable bonds is 6. The Labute approximate surface area is 182 Å². The van der Waals surface area contributed by atoms with Gasteiger partial charge < -0.3 is 15.0 Å². The van der Waals surface area contributed by atoms with Gasteiger partial charge in [0.25, 0.3) is 0 Å². The first-order chi connectivity index (χ1) is 13.0. The highest BCUT2D eigenvalue weighted by Gasteiger charge is 2.07. The van der Waals surface area contributed by atoms with E-state index in [9.17, 15) is 9.18 Å². The van der Waals surface area contributed by atoms with E-state index in [2.05, 4.69) is 20.4 Å². The van der Waals surface area contributed by atoms with Crippen molar-refractivity contribution < 1.29 is 13.9 Å². The molecular weight excluding hydrogens is 474 g/mol. The Bertz CT molecular complexity index is 784. The predicted molar refractivity (Wildman–Crippen MR) is 121 cm³/mol. The number of halogens is 2. The van der Waals surface area contributed by atoms with Gasteiger partial charge in [0.1, 0.15) is 5.82 Å². The van der Waals surface area contributed by atoms with Gasteiger partial charge in [-0.3, -0.25) is 5.32 Å². The molecule has 2 rings (SSSR count).